The lowest BCUT2D eigenvalue weighted by Gasteiger charge is -1.77. The molecule has 3 N–H and O–H groups in total. The summed E-state index contributed by atoms with van der Waals surface area (Å²) < 4.78 is 0. The number of hydrogen-bond donors (Lipinski definition) is 2. The summed E-state index contributed by atoms with van der Waals surface area (Å²) in [5.41, 5.74) is 2.26. The van der Waals surface area contributed by atoms with Crippen molar-refractivity contribution in [2.75, 3.05) is 0 Å². The largest absolute Gasteiger partial charge is 0.315 e. The average Bonchev–Trinajstić information content (AvgIpc) is 1.69. The minimum atomic E-state index is 1.40. The van der Waals surface area contributed by atoms with Crippen LogP contribution in [0.1, 0.15) is 6.92 Å². The van der Waals surface area contributed by atoms with E-state index < -0.39 is 0 Å². The molecule has 0 saturated heterocycles. The lowest BCUT2D eigenvalue weighted by atomic mass is 10.7. The van der Waals surface area contributed by atoms with Crippen molar-refractivity contribution < 1.29 is 0 Å². The van der Waals surface area contributed by atoms with Crippen LogP contribution < -0.4 is 11.3 Å². The second kappa shape index (κ2) is 5.17. The number of hydrogen-bond acceptors (Lipinski definition) is 2. The highest BCUT2D eigenvalue weighted by Crippen LogP contribution is 1.65. The van der Waals surface area contributed by atoms with Crippen molar-refractivity contribution in [2.24, 2.45) is 10.8 Å². The van der Waals surface area contributed by atoms with Crippen LogP contribution in [-0.2, 0) is 0 Å². The van der Waals surface area contributed by atoms with Crippen LogP contribution in [0.25, 0.3) is 0 Å². The quantitative estimate of drug-likeness (QED) is 0.222. The van der Waals surface area contributed by atoms with Crippen LogP contribution in [-0.4, -0.2) is 6.34 Å². The predicted octanol–water partition coefficient (Wildman–Crippen LogP) is 0.0116. The van der Waals surface area contributed by atoms with E-state index in [0.717, 1.165) is 0 Å². The van der Waals surface area contributed by atoms with Crippen LogP contribution in [0.3, 0.4) is 0 Å². The zero-order chi connectivity index (χ0) is 5.54. The molecule has 0 aliphatic rings. The molecule has 0 spiro atoms. The molecule has 0 unspecified atom stereocenters. The van der Waals surface area contributed by atoms with Crippen LogP contribution in [0, 0.1) is 0 Å². The maximum absolute atomic E-state index is 4.84. The Labute approximate surface area is 42.9 Å². The number of nitrogens with one attached hydrogen (secondary N) is 1. The van der Waals surface area contributed by atoms with Crippen molar-refractivity contribution in [1.82, 2.24) is 5.43 Å². The first-order valence-corrected chi connectivity index (χ1v) is 2.00. The summed E-state index contributed by atoms with van der Waals surface area (Å²) in [5.74, 6) is 4.84. The van der Waals surface area contributed by atoms with Gasteiger partial charge in [-0.25, -0.2) is 10.8 Å². The minimum absolute atomic E-state index is 1.40. The molecule has 0 aliphatic carbocycles. The van der Waals surface area contributed by atoms with Crippen LogP contribution >= 0.6 is 0 Å². The lowest BCUT2D eigenvalue weighted by molar-refractivity contribution is 1.05. The molecule has 0 radical (unpaired) electrons. The zero-order valence-corrected chi connectivity index (χ0v) is 4.26. The van der Waals surface area contributed by atoms with E-state index in [1.54, 1.807) is 6.20 Å². The first-order valence-electron chi connectivity index (χ1n) is 2.00. The normalized spacial score (nSPS) is 11.1. The number of hydrazine groups is 1. The van der Waals surface area contributed by atoms with Gasteiger partial charge in [0.2, 0.25) is 0 Å². The Morgan fingerprint density at radius 2 is 2.43 bits per heavy atom. The SMILES string of the molecule is CC=CN=CNN. The summed E-state index contributed by atoms with van der Waals surface area (Å²) in [4.78, 5) is 3.67. The smallest absolute Gasteiger partial charge is 0.102 e. The van der Waals surface area contributed by atoms with Gasteiger partial charge in [-0.3, -0.25) is 0 Å². The van der Waals surface area contributed by atoms with Gasteiger partial charge in [-0.15, -0.1) is 0 Å². The first-order chi connectivity index (χ1) is 3.41. The Hall–Kier alpha value is -0.830. The summed E-state index contributed by atoms with van der Waals surface area (Å²) >= 11 is 0. The molecular weight excluding hydrogens is 90.1 g/mol. The van der Waals surface area contributed by atoms with Crippen LogP contribution in [0.4, 0.5) is 0 Å². The molecule has 0 rings (SSSR count). The summed E-state index contributed by atoms with van der Waals surface area (Å²) in [7, 11) is 0. The molecule has 0 bridgehead atoms. The van der Waals surface area contributed by atoms with E-state index in [-0.39, 0.29) is 0 Å². The molecule has 0 aliphatic heterocycles. The van der Waals surface area contributed by atoms with Crippen molar-refractivity contribution in [3.63, 3.8) is 0 Å². The van der Waals surface area contributed by atoms with Crippen LogP contribution in [0.2, 0.25) is 0 Å². The molecule has 3 nitrogen and oxygen atoms in total. The Kier molecular flexibility index (Phi) is 4.56. The van der Waals surface area contributed by atoms with Crippen molar-refractivity contribution in [1.29, 1.82) is 0 Å². The maximum Gasteiger partial charge on any atom is 0.102 e. The Balaban J connectivity index is 3.09. The standard InChI is InChI=1S/C4H9N3/c1-2-3-6-4-7-5/h2-4H,5H2,1H3,(H,6,7). The number of nitrogens with zero attached hydrogens (tertiary/aromatic N) is 1. The number of nitrogens with two attached hydrogens (primary N) is 1. The highest BCUT2D eigenvalue weighted by molar-refractivity contribution is 5.53. The van der Waals surface area contributed by atoms with E-state index in [4.69, 9.17) is 5.84 Å². The molecule has 40 valence electrons. The Bertz CT molecular complexity index is 75.0. The molecule has 0 fully saturated rings. The van der Waals surface area contributed by atoms with Crippen molar-refractivity contribution in [2.45, 2.75) is 6.92 Å². The van der Waals surface area contributed by atoms with E-state index in [2.05, 4.69) is 10.4 Å². The Morgan fingerprint density at radius 3 is 2.86 bits per heavy atom. The predicted molar refractivity (Wildman–Crippen MR) is 30.6 cm³/mol. The summed E-state index contributed by atoms with van der Waals surface area (Å²) in [5, 5.41) is 0. The fraction of sp³-hybridized carbons (Fsp3) is 0.250. The molecule has 0 aromatic rings. The second-order valence-corrected chi connectivity index (χ2v) is 0.927. The van der Waals surface area contributed by atoms with Gasteiger partial charge in [-0.2, -0.15) is 0 Å². The van der Waals surface area contributed by atoms with Gasteiger partial charge < -0.3 is 5.43 Å². The fourth-order valence-corrected chi connectivity index (χ4v) is 0.172. The Morgan fingerprint density at radius 1 is 1.71 bits per heavy atom. The molecule has 0 saturated carbocycles. The van der Waals surface area contributed by atoms with Gasteiger partial charge in [0.1, 0.15) is 6.34 Å². The molecule has 0 heterocycles. The second-order valence-electron chi connectivity index (χ2n) is 0.927. The third-order valence-corrected chi connectivity index (χ3v) is 0.384. The van der Waals surface area contributed by atoms with Gasteiger partial charge in [0.05, 0.1) is 0 Å². The zero-order valence-electron chi connectivity index (χ0n) is 4.26. The van der Waals surface area contributed by atoms with Gasteiger partial charge in [-0.05, 0) is 6.92 Å². The molecular formula is C4H9N3. The van der Waals surface area contributed by atoms with E-state index in [9.17, 15) is 0 Å². The number of rotatable bonds is 2. The maximum atomic E-state index is 4.84. The minimum Gasteiger partial charge on any atom is -0.315 e. The highest BCUT2D eigenvalue weighted by Gasteiger charge is 1.54. The third kappa shape index (κ3) is 5.17. The molecule has 0 aromatic heterocycles. The summed E-state index contributed by atoms with van der Waals surface area (Å²) in [6, 6.07) is 0. The molecule has 0 amide bonds. The fourth-order valence-electron chi connectivity index (χ4n) is 0.172. The average molecular weight is 99.1 g/mol. The highest BCUT2D eigenvalue weighted by atomic mass is 15.2. The lowest BCUT2D eigenvalue weighted by Crippen LogP contribution is -2.18. The van der Waals surface area contributed by atoms with Gasteiger partial charge in [0, 0.05) is 6.20 Å². The monoisotopic (exact) mass is 99.1 g/mol. The van der Waals surface area contributed by atoms with Crippen molar-refractivity contribution >= 4 is 6.34 Å². The van der Waals surface area contributed by atoms with Crippen molar-refractivity contribution in [3.8, 4) is 0 Å². The summed E-state index contributed by atoms with van der Waals surface area (Å²) in [6.45, 7) is 1.88. The van der Waals surface area contributed by atoms with E-state index >= 15 is 0 Å². The molecule has 0 atom stereocenters. The van der Waals surface area contributed by atoms with Crippen LogP contribution in [0.15, 0.2) is 17.3 Å². The van der Waals surface area contributed by atoms with Gasteiger partial charge >= 0.3 is 0 Å². The summed E-state index contributed by atoms with van der Waals surface area (Å²) in [6.07, 6.45) is 4.85. The van der Waals surface area contributed by atoms with E-state index in [1.807, 2.05) is 13.0 Å². The van der Waals surface area contributed by atoms with E-state index in [1.165, 1.54) is 6.34 Å². The topological polar surface area (TPSA) is 50.4 Å². The number of allylic oxidation sites excluding steroid dienone is 1. The molecule has 7 heavy (non-hydrogen) atoms. The third-order valence-electron chi connectivity index (χ3n) is 0.384. The van der Waals surface area contributed by atoms with Gasteiger partial charge in [-0.1, -0.05) is 6.08 Å². The van der Waals surface area contributed by atoms with Crippen molar-refractivity contribution in [3.05, 3.63) is 12.3 Å². The van der Waals surface area contributed by atoms with E-state index in [0.29, 0.717) is 0 Å². The molecule has 3 heteroatoms. The van der Waals surface area contributed by atoms with Gasteiger partial charge in [0.15, 0.2) is 0 Å². The van der Waals surface area contributed by atoms with Crippen LogP contribution in [0.5, 0.6) is 0 Å². The van der Waals surface area contributed by atoms with Gasteiger partial charge in [0.25, 0.3) is 0 Å². The number of aliphatic imine (C=N–C) groups is 1. The first kappa shape index (κ1) is 6.17. The molecule has 0 aromatic carbocycles.